The summed E-state index contributed by atoms with van der Waals surface area (Å²) in [4.78, 5) is 54.4. The van der Waals surface area contributed by atoms with Gasteiger partial charge in [-0.25, -0.2) is 9.59 Å². The maximum atomic E-state index is 13.9. The lowest BCUT2D eigenvalue weighted by Crippen LogP contribution is -2.56. The number of halogens is 2. The molecule has 0 aliphatic carbocycles. The first-order valence-corrected chi connectivity index (χ1v) is 19.1. The molecule has 0 spiro atoms. The number of ether oxygens (including phenoxy) is 3. The Bertz CT molecular complexity index is 2300. The average molecular weight is 809 g/mol. The zero-order chi connectivity index (χ0) is 40.2. The Morgan fingerprint density at radius 3 is 2.26 bits per heavy atom. The van der Waals surface area contributed by atoms with E-state index in [0.717, 1.165) is 22.3 Å². The molecule has 57 heavy (non-hydrogen) atoms. The lowest BCUT2D eigenvalue weighted by Gasteiger charge is -2.37. The summed E-state index contributed by atoms with van der Waals surface area (Å²) in [5.74, 6) is -1.27. The molecule has 3 amide bonds. The van der Waals surface area contributed by atoms with Gasteiger partial charge in [-0.1, -0.05) is 96.0 Å². The molecule has 7 rings (SSSR count). The van der Waals surface area contributed by atoms with Crippen LogP contribution in [0.2, 0.25) is 10.0 Å². The molecule has 2 unspecified atom stereocenters. The number of carbonyl (C=O) groups is 4. The average Bonchev–Trinajstić information content (AvgIpc) is 3.20. The Morgan fingerprint density at radius 1 is 0.877 bits per heavy atom. The summed E-state index contributed by atoms with van der Waals surface area (Å²) >= 11 is 12.1. The van der Waals surface area contributed by atoms with Crippen LogP contribution in [-0.2, 0) is 45.1 Å². The maximum Gasteiger partial charge on any atom is 0.411 e. The molecule has 5 aromatic rings. The molecule has 3 atom stereocenters. The summed E-state index contributed by atoms with van der Waals surface area (Å²) in [5, 5.41) is 16.6. The normalized spacial score (nSPS) is 16.4. The van der Waals surface area contributed by atoms with Crippen molar-refractivity contribution in [1.82, 2.24) is 10.2 Å². The van der Waals surface area contributed by atoms with Crippen LogP contribution in [0.15, 0.2) is 109 Å². The van der Waals surface area contributed by atoms with E-state index in [2.05, 4.69) is 10.6 Å². The van der Waals surface area contributed by atoms with Crippen molar-refractivity contribution in [2.75, 3.05) is 5.32 Å². The van der Waals surface area contributed by atoms with Crippen molar-refractivity contribution in [3.05, 3.63) is 147 Å². The summed E-state index contributed by atoms with van der Waals surface area (Å²) in [6, 6.07) is 30.6. The van der Waals surface area contributed by atoms with Gasteiger partial charge in [0.05, 0.1) is 28.4 Å². The van der Waals surface area contributed by atoms with Gasteiger partial charge in [0.15, 0.2) is 0 Å². The molecule has 0 saturated carbocycles. The molecule has 11 nitrogen and oxygen atoms in total. The van der Waals surface area contributed by atoms with Gasteiger partial charge in [0.1, 0.15) is 30.2 Å². The fourth-order valence-corrected chi connectivity index (χ4v) is 7.13. The molecular formula is C44H39Cl2N3O8. The lowest BCUT2D eigenvalue weighted by molar-refractivity contribution is -0.142. The number of nitrogens with zero attached hydrogens (tertiary/aromatic N) is 1. The van der Waals surface area contributed by atoms with Gasteiger partial charge in [-0.2, -0.15) is 0 Å². The predicted molar refractivity (Wildman–Crippen MR) is 215 cm³/mol. The molecule has 2 aliphatic rings. The van der Waals surface area contributed by atoms with Gasteiger partial charge in [0.2, 0.25) is 12.0 Å². The molecule has 0 radical (unpaired) electrons. The number of nitrogens with one attached hydrogen (secondary N) is 2. The summed E-state index contributed by atoms with van der Waals surface area (Å²) in [7, 11) is 0. The number of carboxylic acid groups (broad SMARTS) is 1. The van der Waals surface area contributed by atoms with Gasteiger partial charge in [-0.15, -0.1) is 0 Å². The van der Waals surface area contributed by atoms with Gasteiger partial charge >= 0.3 is 12.1 Å². The van der Waals surface area contributed by atoms with Gasteiger partial charge in [0, 0.05) is 18.4 Å². The number of amides is 3. The van der Waals surface area contributed by atoms with Crippen LogP contribution in [0.5, 0.6) is 11.5 Å². The standard InChI is InChI=1S/C44H39Cl2N3O8/c1-25(2)56-44(54)49-23-32-22-39-36(47-42(51)40(57-39)30-13-15-33(16-14-30)55-24-27-10-17-34(45)35(46)18-27)20-31(32)21-38(49)41(50)48-37(43(52)53)19-26-8-11-29(12-9-26)28-6-4-3-5-7-28/h3-18,20,22,25,37-38,40H,19,21,23-24H2,1-2H3,(H,47,51)(H,48,50)(H,52,53)/t37-,38?,40?/m0/s1. The molecule has 3 N–H and O–H groups in total. The Labute approximate surface area is 339 Å². The minimum atomic E-state index is -1.26. The highest BCUT2D eigenvalue weighted by Crippen LogP contribution is 2.40. The number of aliphatic carboxylic acids is 1. The molecule has 5 aromatic carbocycles. The Kier molecular flexibility index (Phi) is 11.7. The Balaban J connectivity index is 1.06. The molecule has 0 fully saturated rings. The van der Waals surface area contributed by atoms with Crippen molar-refractivity contribution in [2.45, 2.75) is 64.1 Å². The second-order valence-electron chi connectivity index (χ2n) is 14.2. The third kappa shape index (κ3) is 9.17. The van der Waals surface area contributed by atoms with E-state index in [-0.39, 0.29) is 31.9 Å². The monoisotopic (exact) mass is 807 g/mol. The van der Waals surface area contributed by atoms with E-state index in [1.807, 2.05) is 60.7 Å². The highest BCUT2D eigenvalue weighted by atomic mass is 35.5. The predicted octanol–water partition coefficient (Wildman–Crippen LogP) is 8.40. The first kappa shape index (κ1) is 39.2. The van der Waals surface area contributed by atoms with Crippen LogP contribution in [0.25, 0.3) is 11.1 Å². The number of rotatable bonds is 11. The first-order chi connectivity index (χ1) is 27.4. The van der Waals surface area contributed by atoms with Crippen molar-refractivity contribution >= 4 is 52.8 Å². The first-order valence-electron chi connectivity index (χ1n) is 18.4. The molecule has 292 valence electrons. The van der Waals surface area contributed by atoms with E-state index < -0.39 is 42.3 Å². The molecule has 0 bridgehead atoms. The SMILES string of the molecule is CC(C)OC(=O)N1Cc2cc3c(cc2CC1C(=O)N[C@@H](Cc1ccc(-c2ccccc2)cc1)C(=O)O)NC(=O)C(c1ccc(OCc2ccc(Cl)c(Cl)c2)cc1)O3. The minimum absolute atomic E-state index is 0.0161. The summed E-state index contributed by atoms with van der Waals surface area (Å²) in [6.07, 6.45) is -2.08. The van der Waals surface area contributed by atoms with E-state index in [9.17, 15) is 24.3 Å². The van der Waals surface area contributed by atoms with Gasteiger partial charge in [-0.3, -0.25) is 14.5 Å². The van der Waals surface area contributed by atoms with Crippen LogP contribution in [-0.4, -0.2) is 52.1 Å². The number of carbonyl (C=O) groups excluding carboxylic acids is 3. The van der Waals surface area contributed by atoms with E-state index in [1.54, 1.807) is 62.4 Å². The van der Waals surface area contributed by atoms with E-state index in [0.29, 0.717) is 43.9 Å². The molecular weight excluding hydrogens is 769 g/mol. The number of hydrogen-bond donors (Lipinski definition) is 3. The number of carboxylic acids is 1. The van der Waals surface area contributed by atoms with Gasteiger partial charge in [0.25, 0.3) is 5.91 Å². The smallest absolute Gasteiger partial charge is 0.411 e. The Hall–Kier alpha value is -6.04. The van der Waals surface area contributed by atoms with Gasteiger partial charge < -0.3 is 30.0 Å². The Morgan fingerprint density at radius 2 is 1.58 bits per heavy atom. The van der Waals surface area contributed by atoms with Crippen molar-refractivity contribution in [2.24, 2.45) is 0 Å². The third-order valence-corrected chi connectivity index (χ3v) is 10.5. The quantitative estimate of drug-likeness (QED) is 0.121. The zero-order valence-corrected chi connectivity index (χ0v) is 32.6. The third-order valence-electron chi connectivity index (χ3n) is 9.73. The molecule has 13 heteroatoms. The van der Waals surface area contributed by atoms with Crippen molar-refractivity contribution in [3.8, 4) is 22.6 Å². The van der Waals surface area contributed by atoms with Crippen LogP contribution in [0, 0.1) is 0 Å². The van der Waals surface area contributed by atoms with Crippen molar-refractivity contribution in [1.29, 1.82) is 0 Å². The maximum absolute atomic E-state index is 13.9. The number of benzene rings is 5. The largest absolute Gasteiger partial charge is 0.489 e. The summed E-state index contributed by atoms with van der Waals surface area (Å²) in [5.41, 5.74) is 5.96. The fourth-order valence-electron chi connectivity index (χ4n) is 6.81. The van der Waals surface area contributed by atoms with Crippen LogP contribution < -0.4 is 20.1 Å². The molecule has 2 aliphatic heterocycles. The van der Waals surface area contributed by atoms with Crippen molar-refractivity contribution in [3.63, 3.8) is 0 Å². The highest BCUT2D eigenvalue weighted by Gasteiger charge is 2.39. The van der Waals surface area contributed by atoms with Crippen LogP contribution in [0.4, 0.5) is 10.5 Å². The lowest BCUT2D eigenvalue weighted by atomic mass is 9.92. The van der Waals surface area contributed by atoms with Crippen molar-refractivity contribution < 1.29 is 38.5 Å². The molecule has 0 aromatic heterocycles. The molecule has 2 heterocycles. The number of hydrogen-bond acceptors (Lipinski definition) is 7. The topological polar surface area (TPSA) is 144 Å². The van der Waals surface area contributed by atoms with E-state index in [4.69, 9.17) is 37.4 Å². The van der Waals surface area contributed by atoms with Crippen LogP contribution in [0.3, 0.4) is 0 Å². The second kappa shape index (κ2) is 17.0. The second-order valence-corrected chi connectivity index (χ2v) is 15.0. The van der Waals surface area contributed by atoms with Gasteiger partial charge in [-0.05, 0) is 83.6 Å². The van der Waals surface area contributed by atoms with E-state index in [1.165, 1.54) is 4.90 Å². The summed E-state index contributed by atoms with van der Waals surface area (Å²) in [6.45, 7) is 3.66. The zero-order valence-electron chi connectivity index (χ0n) is 31.0. The van der Waals surface area contributed by atoms with Crippen LogP contribution in [0.1, 0.15) is 47.8 Å². The van der Waals surface area contributed by atoms with Crippen LogP contribution >= 0.6 is 23.2 Å². The summed E-state index contributed by atoms with van der Waals surface area (Å²) < 4.78 is 17.6. The fraction of sp³-hybridized carbons (Fsp3) is 0.227. The number of fused-ring (bicyclic) bond motifs is 2. The number of anilines is 1. The minimum Gasteiger partial charge on any atom is -0.489 e. The highest BCUT2D eigenvalue weighted by molar-refractivity contribution is 6.42. The molecule has 0 saturated heterocycles. The van der Waals surface area contributed by atoms with E-state index >= 15 is 0 Å².